The maximum Gasteiger partial charge on any atom is 0.225 e. The van der Waals surface area contributed by atoms with Crippen LogP contribution in [0.2, 0.25) is 0 Å². The lowest BCUT2D eigenvalue weighted by Gasteiger charge is -2.41. The Labute approximate surface area is 177 Å². The number of guanidine groups is 1. The summed E-state index contributed by atoms with van der Waals surface area (Å²) in [5, 5.41) is 0. The fourth-order valence-electron chi connectivity index (χ4n) is 3.70. The predicted molar refractivity (Wildman–Crippen MR) is 117 cm³/mol. The third-order valence-electron chi connectivity index (χ3n) is 5.50. The number of halogens is 1. The number of hydrogen-bond donors (Lipinski definition) is 1. The Bertz CT molecular complexity index is 741. The first-order valence-corrected chi connectivity index (χ1v) is 9.25. The molecule has 8 heteroatoms. The van der Waals surface area contributed by atoms with Crippen LogP contribution in [0.5, 0.6) is 0 Å². The Morgan fingerprint density at radius 3 is 2.30 bits per heavy atom. The third-order valence-corrected chi connectivity index (χ3v) is 5.50. The van der Waals surface area contributed by atoms with Gasteiger partial charge in [0.25, 0.3) is 0 Å². The zero-order chi connectivity index (χ0) is 17.8. The number of aromatic nitrogens is 3. The van der Waals surface area contributed by atoms with Crippen molar-refractivity contribution in [3.8, 4) is 0 Å². The first kappa shape index (κ1) is 19.8. The van der Waals surface area contributed by atoms with Gasteiger partial charge in [-0.15, -0.1) is 24.0 Å². The summed E-state index contributed by atoms with van der Waals surface area (Å²) in [4.78, 5) is 22.3. The Hall–Kier alpha value is -1.97. The fraction of sp³-hybridized carbons (Fsp3) is 0.474. The Morgan fingerprint density at radius 2 is 1.70 bits per heavy atom. The predicted octanol–water partition coefficient (Wildman–Crippen LogP) is 2.05. The van der Waals surface area contributed by atoms with Crippen LogP contribution in [-0.4, -0.2) is 58.5 Å². The molecule has 0 bridgehead atoms. The van der Waals surface area contributed by atoms with E-state index in [0.717, 1.165) is 57.2 Å². The smallest absolute Gasteiger partial charge is 0.225 e. The molecule has 2 aromatic heterocycles. The fourth-order valence-corrected chi connectivity index (χ4v) is 3.70. The molecule has 1 aliphatic carbocycles. The molecule has 3 heterocycles. The molecule has 144 valence electrons. The van der Waals surface area contributed by atoms with E-state index >= 15 is 0 Å². The quantitative estimate of drug-likeness (QED) is 0.411. The van der Waals surface area contributed by atoms with Gasteiger partial charge in [0.2, 0.25) is 5.95 Å². The number of pyridine rings is 1. The van der Waals surface area contributed by atoms with E-state index < -0.39 is 0 Å². The van der Waals surface area contributed by atoms with E-state index in [0.29, 0.717) is 5.96 Å². The lowest BCUT2D eigenvalue weighted by atomic mass is 9.66. The van der Waals surface area contributed by atoms with Gasteiger partial charge in [-0.2, -0.15) is 0 Å². The minimum atomic E-state index is 0. The molecular weight excluding hydrogens is 453 g/mol. The van der Waals surface area contributed by atoms with Crippen LogP contribution in [0, 0.1) is 0 Å². The van der Waals surface area contributed by atoms with Crippen LogP contribution in [-0.2, 0) is 5.41 Å². The molecule has 0 spiro atoms. The molecule has 1 saturated heterocycles. The van der Waals surface area contributed by atoms with Gasteiger partial charge in [0, 0.05) is 55.9 Å². The molecule has 0 amide bonds. The summed E-state index contributed by atoms with van der Waals surface area (Å²) in [5.74, 6) is 1.42. The summed E-state index contributed by atoms with van der Waals surface area (Å²) < 4.78 is 0. The molecule has 0 atom stereocenters. The number of aliphatic imine (C=N–C) groups is 1. The van der Waals surface area contributed by atoms with E-state index in [-0.39, 0.29) is 29.4 Å². The van der Waals surface area contributed by atoms with E-state index in [9.17, 15) is 0 Å². The van der Waals surface area contributed by atoms with Gasteiger partial charge in [-0.1, -0.05) is 12.5 Å². The second kappa shape index (κ2) is 8.81. The number of piperazine rings is 1. The summed E-state index contributed by atoms with van der Waals surface area (Å²) in [6, 6.07) is 7.97. The van der Waals surface area contributed by atoms with Crippen LogP contribution in [0.3, 0.4) is 0 Å². The highest BCUT2D eigenvalue weighted by Crippen LogP contribution is 2.43. The summed E-state index contributed by atoms with van der Waals surface area (Å²) in [7, 11) is 0. The zero-order valence-corrected chi connectivity index (χ0v) is 17.7. The molecule has 2 aliphatic rings. The largest absolute Gasteiger partial charge is 0.370 e. The standard InChI is InChI=1S/C19H25N7.HI/c20-17(24-15-19(6-3-7-19)16-5-1-2-8-21-16)25-11-13-26(14-12-25)18-22-9-4-10-23-18;/h1-2,4-5,8-10H,3,6-7,11-15H2,(H2,20,24);1H. The molecule has 0 unspecified atom stereocenters. The van der Waals surface area contributed by atoms with Gasteiger partial charge in [-0.3, -0.25) is 9.98 Å². The van der Waals surface area contributed by atoms with Gasteiger partial charge in [-0.05, 0) is 31.0 Å². The maximum absolute atomic E-state index is 6.30. The van der Waals surface area contributed by atoms with Gasteiger partial charge >= 0.3 is 0 Å². The Morgan fingerprint density at radius 1 is 1.00 bits per heavy atom. The molecule has 2 fully saturated rings. The van der Waals surface area contributed by atoms with Crippen LogP contribution >= 0.6 is 24.0 Å². The lowest BCUT2D eigenvalue weighted by Crippen LogP contribution is -2.52. The summed E-state index contributed by atoms with van der Waals surface area (Å²) in [6.07, 6.45) is 8.94. The molecule has 27 heavy (non-hydrogen) atoms. The molecule has 1 saturated carbocycles. The zero-order valence-electron chi connectivity index (χ0n) is 15.4. The van der Waals surface area contributed by atoms with E-state index in [1.807, 2.05) is 18.3 Å². The number of hydrogen-bond acceptors (Lipinski definition) is 5. The van der Waals surface area contributed by atoms with E-state index in [1.54, 1.807) is 12.4 Å². The SMILES string of the molecule is I.NC(=NCC1(c2ccccn2)CCC1)N1CCN(c2ncccn2)CC1. The van der Waals surface area contributed by atoms with Crippen molar-refractivity contribution in [1.29, 1.82) is 0 Å². The van der Waals surface area contributed by atoms with Crippen molar-refractivity contribution < 1.29 is 0 Å². The topological polar surface area (TPSA) is 83.5 Å². The molecule has 2 aromatic rings. The highest BCUT2D eigenvalue weighted by atomic mass is 127. The second-order valence-electron chi connectivity index (χ2n) is 7.05. The van der Waals surface area contributed by atoms with Gasteiger partial charge in [0.15, 0.2) is 5.96 Å². The number of anilines is 1. The van der Waals surface area contributed by atoms with E-state index in [2.05, 4.69) is 36.9 Å². The number of rotatable bonds is 4. The minimum absolute atomic E-state index is 0. The highest BCUT2D eigenvalue weighted by Gasteiger charge is 2.39. The first-order valence-electron chi connectivity index (χ1n) is 9.25. The first-order chi connectivity index (χ1) is 12.8. The van der Waals surface area contributed by atoms with E-state index in [1.165, 1.54) is 6.42 Å². The number of nitrogens with two attached hydrogens (primary N) is 1. The van der Waals surface area contributed by atoms with Gasteiger partial charge < -0.3 is 15.5 Å². The second-order valence-corrected chi connectivity index (χ2v) is 7.05. The summed E-state index contributed by atoms with van der Waals surface area (Å²) >= 11 is 0. The molecule has 2 N–H and O–H groups in total. The van der Waals surface area contributed by atoms with Gasteiger partial charge in [-0.25, -0.2) is 9.97 Å². The Balaban J connectivity index is 0.00000210. The van der Waals surface area contributed by atoms with Crippen LogP contribution in [0.1, 0.15) is 25.0 Å². The van der Waals surface area contributed by atoms with Crippen LogP contribution in [0.25, 0.3) is 0 Å². The highest BCUT2D eigenvalue weighted by molar-refractivity contribution is 14.0. The summed E-state index contributed by atoms with van der Waals surface area (Å²) in [6.45, 7) is 4.10. The Kier molecular flexibility index (Phi) is 6.46. The lowest BCUT2D eigenvalue weighted by molar-refractivity contribution is 0.245. The minimum Gasteiger partial charge on any atom is -0.370 e. The van der Waals surface area contributed by atoms with Crippen molar-refractivity contribution in [2.24, 2.45) is 10.7 Å². The molecular formula is C19H26IN7. The normalized spacial score (nSPS) is 19.2. The average Bonchev–Trinajstić information content (AvgIpc) is 2.69. The van der Waals surface area contributed by atoms with Crippen LogP contribution in [0.4, 0.5) is 5.95 Å². The summed E-state index contributed by atoms with van der Waals surface area (Å²) in [5.41, 5.74) is 7.52. The molecule has 4 rings (SSSR count). The van der Waals surface area contributed by atoms with E-state index in [4.69, 9.17) is 10.7 Å². The van der Waals surface area contributed by atoms with Crippen molar-refractivity contribution >= 4 is 35.9 Å². The van der Waals surface area contributed by atoms with Crippen LogP contribution in [0.15, 0.2) is 47.8 Å². The van der Waals surface area contributed by atoms with Crippen molar-refractivity contribution in [2.45, 2.75) is 24.7 Å². The number of nitrogens with zero attached hydrogens (tertiary/aromatic N) is 6. The maximum atomic E-state index is 6.30. The average molecular weight is 479 g/mol. The van der Waals surface area contributed by atoms with Crippen LogP contribution < -0.4 is 10.6 Å². The van der Waals surface area contributed by atoms with Crippen molar-refractivity contribution in [3.63, 3.8) is 0 Å². The van der Waals surface area contributed by atoms with Crippen molar-refractivity contribution in [1.82, 2.24) is 19.9 Å². The monoisotopic (exact) mass is 479 g/mol. The molecule has 7 nitrogen and oxygen atoms in total. The molecule has 1 aliphatic heterocycles. The van der Waals surface area contributed by atoms with Crippen molar-refractivity contribution in [2.75, 3.05) is 37.6 Å². The molecule has 0 radical (unpaired) electrons. The third kappa shape index (κ3) is 4.31. The molecule has 0 aromatic carbocycles. The van der Waals surface area contributed by atoms with Gasteiger partial charge in [0.1, 0.15) is 0 Å². The van der Waals surface area contributed by atoms with Crippen molar-refractivity contribution in [3.05, 3.63) is 48.5 Å². The van der Waals surface area contributed by atoms with Gasteiger partial charge in [0.05, 0.1) is 6.54 Å².